The second-order valence-corrected chi connectivity index (χ2v) is 8.53. The molecule has 9 nitrogen and oxygen atoms in total. The van der Waals surface area contributed by atoms with Gasteiger partial charge in [-0.3, -0.25) is 4.79 Å². The van der Waals surface area contributed by atoms with Gasteiger partial charge in [-0.2, -0.15) is 0 Å². The molecule has 10 heteroatoms. The second kappa shape index (κ2) is 14.0. The van der Waals surface area contributed by atoms with Crippen LogP contribution in [0.3, 0.4) is 0 Å². The van der Waals surface area contributed by atoms with Gasteiger partial charge in [0.2, 0.25) is 11.5 Å². The van der Waals surface area contributed by atoms with Crippen molar-refractivity contribution in [3.63, 3.8) is 0 Å². The molecule has 0 aliphatic heterocycles. The summed E-state index contributed by atoms with van der Waals surface area (Å²) in [5, 5.41) is 3.57. The summed E-state index contributed by atoms with van der Waals surface area (Å²) in [6.45, 7) is 0. The van der Waals surface area contributed by atoms with Gasteiger partial charge in [-0.25, -0.2) is 0 Å². The van der Waals surface area contributed by atoms with E-state index in [4.69, 9.17) is 44.8 Å². The van der Waals surface area contributed by atoms with Crippen LogP contribution in [0.2, 0.25) is 5.02 Å². The number of hydrogen-bond donors (Lipinski definition) is 1. The molecule has 1 N–H and O–H groups in total. The Balaban J connectivity index is 1.92. The van der Waals surface area contributed by atoms with Crippen molar-refractivity contribution < 1.29 is 38.0 Å². The normalized spacial score (nSPS) is 10.9. The van der Waals surface area contributed by atoms with E-state index in [2.05, 4.69) is 5.32 Å². The third-order valence-electron chi connectivity index (χ3n) is 5.89. The number of allylic oxidation sites excluding steroid dienone is 1. The molecular weight excluding hydrogens is 538 g/mol. The SMILES string of the molecule is COc1cc(NC=CC(=O)c2cc(OC)c(OC)c(OC)c2)c(C=Cc2cc(OC)c(OC)c(OC)c2)cc1Cl. The molecule has 0 heterocycles. The minimum atomic E-state index is -0.276. The van der Waals surface area contributed by atoms with E-state index < -0.39 is 0 Å². The van der Waals surface area contributed by atoms with Crippen molar-refractivity contribution in [2.24, 2.45) is 0 Å². The van der Waals surface area contributed by atoms with Gasteiger partial charge in [0.25, 0.3) is 0 Å². The molecule has 0 unspecified atom stereocenters. The lowest BCUT2D eigenvalue weighted by molar-refractivity contribution is 0.104. The largest absolute Gasteiger partial charge is 0.495 e. The highest BCUT2D eigenvalue weighted by atomic mass is 35.5. The van der Waals surface area contributed by atoms with Gasteiger partial charge in [0, 0.05) is 29.6 Å². The molecule has 40 heavy (non-hydrogen) atoms. The number of rotatable bonds is 13. The summed E-state index contributed by atoms with van der Waals surface area (Å²) in [6.07, 6.45) is 6.67. The molecule has 3 aromatic rings. The van der Waals surface area contributed by atoms with Crippen LogP contribution in [0.4, 0.5) is 5.69 Å². The van der Waals surface area contributed by atoms with Crippen LogP contribution in [-0.2, 0) is 0 Å². The molecular formula is C30H32ClNO8. The fraction of sp³-hybridized carbons (Fsp3) is 0.233. The highest BCUT2D eigenvalue weighted by molar-refractivity contribution is 6.32. The van der Waals surface area contributed by atoms with Crippen molar-refractivity contribution in [2.75, 3.05) is 55.1 Å². The van der Waals surface area contributed by atoms with E-state index in [0.717, 1.165) is 11.1 Å². The van der Waals surface area contributed by atoms with Gasteiger partial charge in [0.05, 0.1) is 54.8 Å². The summed E-state index contributed by atoms with van der Waals surface area (Å²) in [5.74, 6) is 2.92. The van der Waals surface area contributed by atoms with E-state index in [1.165, 1.54) is 40.7 Å². The maximum Gasteiger partial charge on any atom is 0.203 e. The number of anilines is 1. The lowest BCUT2D eigenvalue weighted by atomic mass is 10.1. The predicted molar refractivity (Wildman–Crippen MR) is 156 cm³/mol. The Bertz CT molecular complexity index is 1370. The van der Waals surface area contributed by atoms with Gasteiger partial charge in [-0.15, -0.1) is 0 Å². The first-order valence-corrected chi connectivity index (χ1v) is 12.3. The molecule has 212 valence electrons. The monoisotopic (exact) mass is 569 g/mol. The summed E-state index contributed by atoms with van der Waals surface area (Å²) in [5.41, 5.74) is 2.56. The van der Waals surface area contributed by atoms with Crippen LogP contribution >= 0.6 is 11.6 Å². The quantitative estimate of drug-likeness (QED) is 0.143. The number of methoxy groups -OCH3 is 7. The molecule has 0 atom stereocenters. The smallest absolute Gasteiger partial charge is 0.203 e. The molecule has 0 spiro atoms. The number of carbonyl (C=O) groups excluding carboxylic acids is 1. The van der Waals surface area contributed by atoms with E-state index in [9.17, 15) is 4.79 Å². The molecule has 0 saturated heterocycles. The molecule has 0 aromatic heterocycles. The Hall–Kier alpha value is -4.50. The number of carbonyl (C=O) groups is 1. The standard InChI is InChI=1S/C30H32ClNO8/c1-34-24-17-22(32-11-10-23(33)20-15-27(37-4)30(40-7)28(16-20)38-5)19(14-21(24)31)9-8-18-12-25(35-2)29(39-6)26(13-18)36-3/h8-17,32H,1-7H3. The third-order valence-corrected chi connectivity index (χ3v) is 6.18. The van der Waals surface area contributed by atoms with Crippen molar-refractivity contribution >= 4 is 35.2 Å². The van der Waals surface area contributed by atoms with Crippen molar-refractivity contribution in [3.05, 3.63) is 70.4 Å². The van der Waals surface area contributed by atoms with Crippen LogP contribution in [0.1, 0.15) is 21.5 Å². The Morgan fingerprint density at radius 3 is 1.62 bits per heavy atom. The van der Waals surface area contributed by atoms with E-state index in [-0.39, 0.29) is 5.78 Å². The second-order valence-electron chi connectivity index (χ2n) is 8.12. The van der Waals surface area contributed by atoms with Gasteiger partial charge in [0.15, 0.2) is 28.8 Å². The predicted octanol–water partition coefficient (Wildman–Crippen LogP) is 6.38. The molecule has 0 bridgehead atoms. The lowest BCUT2D eigenvalue weighted by Gasteiger charge is -2.13. The molecule has 0 aliphatic carbocycles. The molecule has 3 rings (SSSR count). The minimum absolute atomic E-state index is 0.276. The van der Waals surface area contributed by atoms with E-state index in [0.29, 0.717) is 56.5 Å². The Morgan fingerprint density at radius 2 is 1.15 bits per heavy atom. The number of benzene rings is 3. The van der Waals surface area contributed by atoms with Crippen LogP contribution in [0, 0.1) is 0 Å². The third kappa shape index (κ3) is 6.73. The van der Waals surface area contributed by atoms with Crippen LogP contribution in [0.15, 0.2) is 48.7 Å². The highest BCUT2D eigenvalue weighted by Gasteiger charge is 2.16. The number of ether oxygens (including phenoxy) is 7. The topological polar surface area (TPSA) is 93.7 Å². The molecule has 3 aromatic carbocycles. The van der Waals surface area contributed by atoms with Crippen molar-refractivity contribution in [2.45, 2.75) is 0 Å². The van der Waals surface area contributed by atoms with Gasteiger partial charge in [0.1, 0.15) is 5.75 Å². The van der Waals surface area contributed by atoms with Crippen molar-refractivity contribution in [1.29, 1.82) is 0 Å². The maximum absolute atomic E-state index is 12.9. The molecule has 0 fully saturated rings. The molecule has 0 amide bonds. The maximum atomic E-state index is 12.9. The molecule has 0 radical (unpaired) electrons. The van der Waals surface area contributed by atoms with Gasteiger partial charge in [-0.05, 0) is 41.5 Å². The molecule has 0 saturated carbocycles. The van der Waals surface area contributed by atoms with Crippen LogP contribution in [-0.4, -0.2) is 55.6 Å². The average molecular weight is 570 g/mol. The Kier molecular flexibility index (Phi) is 10.6. The number of ketones is 1. The zero-order chi connectivity index (χ0) is 29.2. The van der Waals surface area contributed by atoms with Crippen LogP contribution < -0.4 is 38.5 Å². The minimum Gasteiger partial charge on any atom is -0.495 e. The number of halogens is 1. The van der Waals surface area contributed by atoms with E-state index in [1.807, 2.05) is 24.3 Å². The van der Waals surface area contributed by atoms with Gasteiger partial charge < -0.3 is 38.5 Å². The average Bonchev–Trinajstić information content (AvgIpc) is 2.98. The zero-order valence-corrected chi connectivity index (χ0v) is 24.2. The Labute approximate surface area is 238 Å². The lowest BCUT2D eigenvalue weighted by Crippen LogP contribution is -2.01. The van der Waals surface area contributed by atoms with Gasteiger partial charge >= 0.3 is 0 Å². The summed E-state index contributed by atoms with van der Waals surface area (Å²) >= 11 is 6.42. The fourth-order valence-electron chi connectivity index (χ4n) is 3.90. The summed E-state index contributed by atoms with van der Waals surface area (Å²) in [7, 11) is 10.7. The van der Waals surface area contributed by atoms with Crippen molar-refractivity contribution in [3.8, 4) is 40.2 Å². The number of nitrogens with one attached hydrogen (secondary N) is 1. The van der Waals surface area contributed by atoms with Gasteiger partial charge in [-0.1, -0.05) is 23.8 Å². The van der Waals surface area contributed by atoms with Crippen LogP contribution in [0.5, 0.6) is 40.2 Å². The first-order valence-electron chi connectivity index (χ1n) is 12.0. The highest BCUT2D eigenvalue weighted by Crippen LogP contribution is 2.40. The zero-order valence-electron chi connectivity index (χ0n) is 23.4. The Morgan fingerprint density at radius 1 is 0.650 bits per heavy atom. The fourth-order valence-corrected chi connectivity index (χ4v) is 4.15. The first-order chi connectivity index (χ1) is 19.3. The molecule has 0 aliphatic rings. The van der Waals surface area contributed by atoms with Crippen molar-refractivity contribution in [1.82, 2.24) is 0 Å². The van der Waals surface area contributed by atoms with E-state index >= 15 is 0 Å². The number of hydrogen-bond acceptors (Lipinski definition) is 9. The van der Waals surface area contributed by atoms with Crippen LogP contribution in [0.25, 0.3) is 12.2 Å². The summed E-state index contributed by atoms with van der Waals surface area (Å²) in [4.78, 5) is 12.9. The first kappa shape index (κ1) is 30.0. The summed E-state index contributed by atoms with van der Waals surface area (Å²) < 4.78 is 37.7. The summed E-state index contributed by atoms with van der Waals surface area (Å²) in [6, 6.07) is 10.3. The van der Waals surface area contributed by atoms with E-state index in [1.54, 1.807) is 45.6 Å².